The highest BCUT2D eigenvalue weighted by Crippen LogP contribution is 2.24. The highest BCUT2D eigenvalue weighted by Gasteiger charge is 2.18. The number of nitro benzene ring substituents is 1. The normalized spacial score (nSPS) is 10.8. The average Bonchev–Trinajstić information content (AvgIpc) is 2.61. The van der Waals surface area contributed by atoms with E-state index in [0.717, 1.165) is 12.1 Å². The van der Waals surface area contributed by atoms with Crippen LogP contribution in [0.25, 0.3) is 0 Å². The SMILES string of the molecule is CC(C)(C)OC(=O)Nc1ccc(F)cc1NC(=O)COc1ccc([N+](=O)[O-])cc1. The fourth-order valence-corrected chi connectivity index (χ4v) is 2.14. The summed E-state index contributed by atoms with van der Waals surface area (Å²) in [6.45, 7) is 4.64. The zero-order valence-corrected chi connectivity index (χ0v) is 16.0. The number of carbonyl (C=O) groups is 2. The second-order valence-electron chi connectivity index (χ2n) is 6.90. The molecule has 0 radical (unpaired) electrons. The van der Waals surface area contributed by atoms with Crippen LogP contribution >= 0.6 is 0 Å². The van der Waals surface area contributed by atoms with Crippen LogP contribution in [0.3, 0.4) is 0 Å². The van der Waals surface area contributed by atoms with Crippen molar-refractivity contribution < 1.29 is 28.4 Å². The Labute approximate surface area is 166 Å². The first-order valence-corrected chi connectivity index (χ1v) is 8.50. The molecule has 10 heteroatoms. The third kappa shape index (κ3) is 7.09. The molecule has 0 saturated carbocycles. The predicted octanol–water partition coefficient (Wildman–Crippen LogP) is 4.10. The molecule has 0 aromatic heterocycles. The molecule has 0 heterocycles. The highest BCUT2D eigenvalue weighted by molar-refractivity contribution is 5.98. The quantitative estimate of drug-likeness (QED) is 0.551. The number of nitrogens with zero attached hydrogens (tertiary/aromatic N) is 1. The monoisotopic (exact) mass is 405 g/mol. The summed E-state index contributed by atoms with van der Waals surface area (Å²) in [5, 5.41) is 15.5. The van der Waals surface area contributed by atoms with Gasteiger partial charge in [-0.3, -0.25) is 20.2 Å². The number of nitrogens with one attached hydrogen (secondary N) is 2. The summed E-state index contributed by atoms with van der Waals surface area (Å²) in [5.74, 6) is -0.996. The van der Waals surface area contributed by atoms with Crippen LogP contribution in [-0.2, 0) is 9.53 Å². The lowest BCUT2D eigenvalue weighted by molar-refractivity contribution is -0.384. The largest absolute Gasteiger partial charge is 0.484 e. The van der Waals surface area contributed by atoms with Crippen LogP contribution in [0.5, 0.6) is 5.75 Å². The van der Waals surface area contributed by atoms with E-state index in [1.807, 2.05) is 0 Å². The van der Waals surface area contributed by atoms with E-state index >= 15 is 0 Å². The number of ether oxygens (including phenoxy) is 2. The maximum absolute atomic E-state index is 13.6. The summed E-state index contributed by atoms with van der Waals surface area (Å²) in [7, 11) is 0. The standard InChI is InChI=1S/C19H20FN3O6/c1-19(2,3)29-18(25)22-15-9-4-12(20)10-16(15)21-17(24)11-28-14-7-5-13(6-8-14)23(26)27/h4-10H,11H2,1-3H3,(H,21,24)(H,22,25). The van der Waals surface area contributed by atoms with Crippen LogP contribution in [0.4, 0.5) is 26.2 Å². The number of rotatable bonds is 6. The van der Waals surface area contributed by atoms with Gasteiger partial charge < -0.3 is 14.8 Å². The minimum atomic E-state index is -0.762. The number of hydrogen-bond acceptors (Lipinski definition) is 6. The van der Waals surface area contributed by atoms with Crippen molar-refractivity contribution in [2.24, 2.45) is 0 Å². The summed E-state index contributed by atoms with van der Waals surface area (Å²) in [5.41, 5.74) is -0.677. The molecule has 2 N–H and O–H groups in total. The number of carbonyl (C=O) groups excluding carboxylic acids is 2. The smallest absolute Gasteiger partial charge is 0.412 e. The van der Waals surface area contributed by atoms with E-state index in [0.29, 0.717) is 0 Å². The first-order chi connectivity index (χ1) is 13.5. The topological polar surface area (TPSA) is 120 Å². The Morgan fingerprint density at radius 1 is 1.07 bits per heavy atom. The van der Waals surface area contributed by atoms with Gasteiger partial charge in [-0.05, 0) is 51.1 Å². The van der Waals surface area contributed by atoms with E-state index in [1.54, 1.807) is 20.8 Å². The fourth-order valence-electron chi connectivity index (χ4n) is 2.14. The van der Waals surface area contributed by atoms with Crippen LogP contribution in [-0.4, -0.2) is 29.1 Å². The first-order valence-electron chi connectivity index (χ1n) is 8.50. The van der Waals surface area contributed by atoms with E-state index < -0.39 is 34.9 Å². The summed E-state index contributed by atoms with van der Waals surface area (Å²) >= 11 is 0. The summed E-state index contributed by atoms with van der Waals surface area (Å²) in [6, 6.07) is 8.62. The summed E-state index contributed by atoms with van der Waals surface area (Å²) in [6.07, 6.45) is -0.762. The Kier molecular flexibility index (Phi) is 6.71. The molecular weight excluding hydrogens is 385 g/mol. The molecule has 154 valence electrons. The maximum Gasteiger partial charge on any atom is 0.412 e. The number of hydrogen-bond donors (Lipinski definition) is 2. The minimum Gasteiger partial charge on any atom is -0.484 e. The third-order valence-corrected chi connectivity index (χ3v) is 3.31. The van der Waals surface area contributed by atoms with Gasteiger partial charge in [0, 0.05) is 12.1 Å². The van der Waals surface area contributed by atoms with Gasteiger partial charge in [0.2, 0.25) is 0 Å². The van der Waals surface area contributed by atoms with Crippen molar-refractivity contribution in [1.29, 1.82) is 0 Å². The first kappa shape index (κ1) is 21.6. The third-order valence-electron chi connectivity index (χ3n) is 3.31. The molecule has 0 bridgehead atoms. The molecule has 2 rings (SSSR count). The van der Waals surface area contributed by atoms with E-state index in [-0.39, 0.29) is 22.8 Å². The van der Waals surface area contributed by atoms with E-state index in [2.05, 4.69) is 10.6 Å². The highest BCUT2D eigenvalue weighted by atomic mass is 19.1. The van der Waals surface area contributed by atoms with E-state index in [1.165, 1.54) is 30.3 Å². The lowest BCUT2D eigenvalue weighted by Gasteiger charge is -2.20. The van der Waals surface area contributed by atoms with Crippen molar-refractivity contribution in [3.8, 4) is 5.75 Å². The Hall–Kier alpha value is -3.69. The van der Waals surface area contributed by atoms with Gasteiger partial charge in [0.15, 0.2) is 6.61 Å². The van der Waals surface area contributed by atoms with Crippen LogP contribution in [0.2, 0.25) is 0 Å². The molecule has 2 amide bonds. The molecule has 29 heavy (non-hydrogen) atoms. The van der Waals surface area contributed by atoms with E-state index in [4.69, 9.17) is 9.47 Å². The second kappa shape index (κ2) is 9.00. The van der Waals surface area contributed by atoms with Gasteiger partial charge in [-0.1, -0.05) is 0 Å². The minimum absolute atomic E-state index is 0.0214. The predicted molar refractivity (Wildman–Crippen MR) is 103 cm³/mol. The van der Waals surface area contributed by atoms with Gasteiger partial charge in [0.25, 0.3) is 11.6 Å². The summed E-state index contributed by atoms with van der Waals surface area (Å²) in [4.78, 5) is 34.1. The number of non-ortho nitro benzene ring substituents is 1. The van der Waals surface area contributed by atoms with Crippen molar-refractivity contribution in [2.45, 2.75) is 26.4 Å². The fraction of sp³-hybridized carbons (Fsp3) is 0.263. The zero-order chi connectivity index (χ0) is 21.6. The van der Waals surface area contributed by atoms with Crippen LogP contribution in [0.1, 0.15) is 20.8 Å². The molecular formula is C19H20FN3O6. The molecule has 2 aromatic rings. The Morgan fingerprint density at radius 2 is 1.72 bits per heavy atom. The maximum atomic E-state index is 13.6. The van der Waals surface area contributed by atoms with Crippen LogP contribution < -0.4 is 15.4 Å². The van der Waals surface area contributed by atoms with Crippen molar-refractivity contribution >= 4 is 29.1 Å². The zero-order valence-electron chi connectivity index (χ0n) is 16.0. The number of nitro groups is 1. The molecule has 0 saturated heterocycles. The van der Waals surface area contributed by atoms with Crippen LogP contribution in [0.15, 0.2) is 42.5 Å². The molecule has 0 aliphatic carbocycles. The van der Waals surface area contributed by atoms with Gasteiger partial charge in [-0.25, -0.2) is 9.18 Å². The van der Waals surface area contributed by atoms with Gasteiger partial charge in [-0.2, -0.15) is 0 Å². The molecule has 0 atom stereocenters. The van der Waals surface area contributed by atoms with Gasteiger partial charge in [0.1, 0.15) is 17.2 Å². The lowest BCUT2D eigenvalue weighted by Crippen LogP contribution is -2.28. The number of halogens is 1. The van der Waals surface area contributed by atoms with Gasteiger partial charge >= 0.3 is 6.09 Å². The van der Waals surface area contributed by atoms with Crippen molar-refractivity contribution in [3.05, 3.63) is 58.4 Å². The second-order valence-corrected chi connectivity index (χ2v) is 6.90. The molecule has 2 aromatic carbocycles. The van der Waals surface area contributed by atoms with Crippen molar-refractivity contribution in [1.82, 2.24) is 0 Å². The number of amides is 2. The molecule has 0 aliphatic heterocycles. The van der Waals surface area contributed by atoms with Crippen LogP contribution in [0, 0.1) is 15.9 Å². The summed E-state index contributed by atoms with van der Waals surface area (Å²) < 4.78 is 24.0. The van der Waals surface area contributed by atoms with Crippen molar-refractivity contribution in [3.63, 3.8) is 0 Å². The molecule has 0 fully saturated rings. The van der Waals surface area contributed by atoms with Gasteiger partial charge in [0.05, 0.1) is 16.3 Å². The lowest BCUT2D eigenvalue weighted by atomic mass is 10.2. The Balaban J connectivity index is 2.00. The Morgan fingerprint density at radius 3 is 2.31 bits per heavy atom. The van der Waals surface area contributed by atoms with Crippen molar-refractivity contribution in [2.75, 3.05) is 17.2 Å². The number of benzene rings is 2. The Bertz CT molecular complexity index is 909. The van der Waals surface area contributed by atoms with Gasteiger partial charge in [-0.15, -0.1) is 0 Å². The average molecular weight is 405 g/mol. The molecule has 0 spiro atoms. The van der Waals surface area contributed by atoms with E-state index in [9.17, 15) is 24.1 Å². The molecule has 9 nitrogen and oxygen atoms in total. The number of anilines is 2. The molecule has 0 unspecified atom stereocenters. The molecule has 0 aliphatic rings.